The number of thiophene rings is 1. The minimum Gasteiger partial charge on any atom is -0.447 e. The molecular weight excluding hydrogens is 394 g/mol. The second-order valence-corrected chi connectivity index (χ2v) is 9.02. The number of amides is 1. The molecule has 1 amide bonds. The predicted octanol–water partition coefficient (Wildman–Crippen LogP) is 5.74. The van der Waals surface area contributed by atoms with Gasteiger partial charge >= 0.3 is 6.09 Å². The number of rotatable bonds is 9. The van der Waals surface area contributed by atoms with E-state index in [1.54, 1.807) is 6.07 Å². The van der Waals surface area contributed by atoms with Crippen molar-refractivity contribution in [2.75, 3.05) is 6.61 Å². The fraction of sp³-hybridized carbons (Fsp3) is 0.455. The van der Waals surface area contributed by atoms with Crippen LogP contribution >= 0.6 is 22.9 Å². The van der Waals surface area contributed by atoms with E-state index in [9.17, 15) is 9.59 Å². The number of cyclic esters (lactones) is 1. The molecule has 150 valence electrons. The van der Waals surface area contributed by atoms with Crippen molar-refractivity contribution >= 4 is 34.8 Å². The Morgan fingerprint density at radius 1 is 1.29 bits per heavy atom. The molecule has 6 heteroatoms. The number of carbonyl (C=O) groups is 2. The molecule has 0 radical (unpaired) electrons. The molecule has 0 unspecified atom stereocenters. The van der Waals surface area contributed by atoms with Gasteiger partial charge in [0, 0.05) is 11.3 Å². The maximum atomic E-state index is 12.6. The van der Waals surface area contributed by atoms with Crippen molar-refractivity contribution in [3.8, 4) is 0 Å². The predicted molar refractivity (Wildman–Crippen MR) is 114 cm³/mol. The highest BCUT2D eigenvalue weighted by molar-refractivity contribution is 7.14. The summed E-state index contributed by atoms with van der Waals surface area (Å²) in [5.41, 5.74) is 2.17. The Balaban J connectivity index is 1.53. The summed E-state index contributed by atoms with van der Waals surface area (Å²) in [5.74, 6) is 0.146. The van der Waals surface area contributed by atoms with E-state index in [2.05, 4.69) is 36.5 Å². The normalized spacial score (nSPS) is 18.8. The summed E-state index contributed by atoms with van der Waals surface area (Å²) in [5, 5.41) is 3.56. The maximum Gasteiger partial charge on any atom is 0.407 e. The first-order valence-electron chi connectivity index (χ1n) is 9.73. The lowest BCUT2D eigenvalue weighted by Crippen LogP contribution is -2.43. The van der Waals surface area contributed by atoms with Crippen LogP contribution < -0.4 is 5.32 Å². The Hall–Kier alpha value is -1.85. The number of ether oxygens (including phenoxy) is 1. The van der Waals surface area contributed by atoms with Crippen molar-refractivity contribution in [3.63, 3.8) is 0 Å². The van der Waals surface area contributed by atoms with Crippen LogP contribution in [0.2, 0.25) is 5.02 Å². The summed E-state index contributed by atoms with van der Waals surface area (Å²) in [7, 11) is 0. The monoisotopic (exact) mass is 419 g/mol. The fourth-order valence-corrected chi connectivity index (χ4v) is 4.80. The summed E-state index contributed by atoms with van der Waals surface area (Å²) >= 11 is 7.85. The molecule has 1 aliphatic heterocycles. The molecule has 1 aliphatic rings. The van der Waals surface area contributed by atoms with Crippen LogP contribution in [0, 0.1) is 6.92 Å². The molecule has 2 aromatic rings. The molecule has 0 bridgehead atoms. The van der Waals surface area contributed by atoms with Crippen molar-refractivity contribution in [2.24, 2.45) is 0 Å². The van der Waals surface area contributed by atoms with Crippen molar-refractivity contribution in [1.82, 2.24) is 5.32 Å². The lowest BCUT2D eigenvalue weighted by Gasteiger charge is -2.24. The highest BCUT2D eigenvalue weighted by Gasteiger charge is 2.37. The van der Waals surface area contributed by atoms with Crippen LogP contribution in [0.15, 0.2) is 30.3 Å². The van der Waals surface area contributed by atoms with Gasteiger partial charge in [0.2, 0.25) is 0 Å². The van der Waals surface area contributed by atoms with E-state index in [-0.39, 0.29) is 17.4 Å². The summed E-state index contributed by atoms with van der Waals surface area (Å²) in [6.07, 6.45) is 4.16. The van der Waals surface area contributed by atoms with E-state index >= 15 is 0 Å². The minimum atomic E-state index is -0.358. The van der Waals surface area contributed by atoms with E-state index in [4.69, 9.17) is 16.3 Å². The average Bonchev–Trinajstić information content (AvgIpc) is 3.25. The largest absolute Gasteiger partial charge is 0.447 e. The SMILES string of the molecule is CC[C@@]1(CCc2sc(C(=O)CCCc3ccc(C)cc3)cc2Cl)COC(=O)N1. The Morgan fingerprint density at radius 3 is 2.68 bits per heavy atom. The molecule has 1 fully saturated rings. The molecule has 1 atom stereocenters. The van der Waals surface area contributed by atoms with E-state index in [1.807, 2.05) is 6.92 Å². The average molecular weight is 420 g/mol. The second-order valence-electron chi connectivity index (χ2n) is 7.48. The number of aryl methyl sites for hydroxylation is 3. The summed E-state index contributed by atoms with van der Waals surface area (Å²) in [6, 6.07) is 10.2. The smallest absolute Gasteiger partial charge is 0.407 e. The number of halogens is 1. The van der Waals surface area contributed by atoms with Gasteiger partial charge in [-0.1, -0.05) is 48.4 Å². The Morgan fingerprint density at radius 2 is 2.04 bits per heavy atom. The Bertz CT molecular complexity index is 846. The van der Waals surface area contributed by atoms with Gasteiger partial charge in [-0.05, 0) is 50.7 Å². The lowest BCUT2D eigenvalue weighted by molar-refractivity contribution is 0.0984. The molecule has 1 saturated heterocycles. The highest BCUT2D eigenvalue weighted by atomic mass is 35.5. The number of hydrogen-bond donors (Lipinski definition) is 1. The summed E-state index contributed by atoms with van der Waals surface area (Å²) in [4.78, 5) is 25.7. The van der Waals surface area contributed by atoms with Gasteiger partial charge in [0.1, 0.15) is 6.61 Å². The van der Waals surface area contributed by atoms with Crippen LogP contribution in [-0.2, 0) is 17.6 Å². The molecule has 0 saturated carbocycles. The topological polar surface area (TPSA) is 55.4 Å². The molecule has 1 aromatic heterocycles. The number of carbonyl (C=O) groups excluding carboxylic acids is 2. The van der Waals surface area contributed by atoms with Gasteiger partial charge in [0.25, 0.3) is 0 Å². The first kappa shape index (κ1) is 20.9. The molecule has 28 heavy (non-hydrogen) atoms. The van der Waals surface area contributed by atoms with Gasteiger partial charge in [-0.25, -0.2) is 4.79 Å². The molecule has 3 rings (SSSR count). The van der Waals surface area contributed by atoms with Crippen LogP contribution in [0.4, 0.5) is 4.79 Å². The van der Waals surface area contributed by atoms with Gasteiger partial charge in [0.05, 0.1) is 15.4 Å². The number of alkyl carbamates (subject to hydrolysis) is 1. The van der Waals surface area contributed by atoms with E-state index < -0.39 is 0 Å². The zero-order valence-electron chi connectivity index (χ0n) is 16.3. The summed E-state index contributed by atoms with van der Waals surface area (Å²) in [6.45, 7) is 4.49. The third-order valence-electron chi connectivity index (χ3n) is 5.38. The first-order chi connectivity index (χ1) is 13.4. The zero-order chi connectivity index (χ0) is 20.1. The van der Waals surface area contributed by atoms with Crippen molar-refractivity contribution < 1.29 is 14.3 Å². The van der Waals surface area contributed by atoms with Gasteiger partial charge in [-0.15, -0.1) is 11.3 Å². The van der Waals surface area contributed by atoms with Gasteiger partial charge < -0.3 is 10.1 Å². The van der Waals surface area contributed by atoms with E-state index in [0.29, 0.717) is 18.1 Å². The standard InChI is InChI=1S/C22H26ClNO3S/c1-3-22(14-27-21(26)24-22)12-11-19-17(23)13-20(28-19)18(25)6-4-5-16-9-7-15(2)8-10-16/h7-10,13H,3-6,11-12,14H2,1-2H3,(H,24,26)/t22-/m1/s1. The molecule has 0 aliphatic carbocycles. The van der Waals surface area contributed by atoms with Crippen molar-refractivity contribution in [3.05, 3.63) is 56.2 Å². The minimum absolute atomic E-state index is 0.146. The molecule has 1 aromatic carbocycles. The second kappa shape index (κ2) is 9.10. The number of hydrogen-bond acceptors (Lipinski definition) is 4. The Labute approximate surface area is 175 Å². The summed E-state index contributed by atoms with van der Waals surface area (Å²) < 4.78 is 5.08. The number of ketones is 1. The Kier molecular flexibility index (Phi) is 6.78. The van der Waals surface area contributed by atoms with Crippen molar-refractivity contribution in [1.29, 1.82) is 0 Å². The van der Waals surface area contributed by atoms with Crippen LogP contribution in [0.25, 0.3) is 0 Å². The van der Waals surface area contributed by atoms with E-state index in [1.165, 1.54) is 22.5 Å². The number of nitrogens with one attached hydrogen (secondary N) is 1. The lowest BCUT2D eigenvalue weighted by atomic mass is 9.92. The third kappa shape index (κ3) is 5.15. The van der Waals surface area contributed by atoms with Crippen LogP contribution in [0.3, 0.4) is 0 Å². The molecule has 4 nitrogen and oxygen atoms in total. The zero-order valence-corrected chi connectivity index (χ0v) is 17.9. The maximum absolute atomic E-state index is 12.6. The quantitative estimate of drug-likeness (QED) is 0.527. The molecule has 2 heterocycles. The third-order valence-corrected chi connectivity index (χ3v) is 7.06. The number of Topliss-reactive ketones (excluding diaryl/α,β-unsaturated/α-hetero) is 1. The first-order valence-corrected chi connectivity index (χ1v) is 10.9. The van der Waals surface area contributed by atoms with Crippen LogP contribution in [0.5, 0.6) is 0 Å². The fourth-order valence-electron chi connectivity index (χ4n) is 3.39. The highest BCUT2D eigenvalue weighted by Crippen LogP contribution is 2.32. The van der Waals surface area contributed by atoms with Crippen LogP contribution in [0.1, 0.15) is 58.3 Å². The van der Waals surface area contributed by atoms with Gasteiger partial charge in [0.15, 0.2) is 5.78 Å². The van der Waals surface area contributed by atoms with Gasteiger partial charge in [-0.3, -0.25) is 4.79 Å². The molecular formula is C22H26ClNO3S. The van der Waals surface area contributed by atoms with Gasteiger partial charge in [-0.2, -0.15) is 0 Å². The molecule has 0 spiro atoms. The van der Waals surface area contributed by atoms with Crippen LogP contribution in [-0.4, -0.2) is 24.0 Å². The molecule has 1 N–H and O–H groups in total. The number of benzene rings is 1. The van der Waals surface area contributed by atoms with Crippen molar-refractivity contribution in [2.45, 2.75) is 57.9 Å². The van der Waals surface area contributed by atoms with E-state index in [0.717, 1.165) is 41.9 Å².